The fraction of sp³-hybridized carbons (Fsp3) is 0.316. The predicted molar refractivity (Wildman–Crippen MR) is 94.2 cm³/mol. The van der Waals surface area contributed by atoms with Crippen LogP contribution in [-0.4, -0.2) is 40.8 Å². The molecule has 0 bridgehead atoms. The Morgan fingerprint density at radius 2 is 2.12 bits per heavy atom. The summed E-state index contributed by atoms with van der Waals surface area (Å²) in [6.45, 7) is 0.882. The number of rotatable bonds is 6. The summed E-state index contributed by atoms with van der Waals surface area (Å²) in [7, 11) is 0. The largest absolute Gasteiger partial charge is 0.350 e. The van der Waals surface area contributed by atoms with Crippen LogP contribution in [0, 0.1) is 5.82 Å². The molecule has 1 atom stereocenters. The standard InChI is InChI=1S/C19H20FN3O3/c20-15-4-1-3-13(9-15)10-16(23-8-2-5-18(23)25)12-22-19(26)14-6-7-17(24)21-11-14/h1,3-4,6-7,9,11,16H,2,5,8,10,12H2,(H,21,24)(H,22,26)/t16-/m0/s1. The highest BCUT2D eigenvalue weighted by Gasteiger charge is 2.28. The lowest BCUT2D eigenvalue weighted by molar-refractivity contribution is -0.129. The van der Waals surface area contributed by atoms with Crippen LogP contribution in [-0.2, 0) is 11.2 Å². The van der Waals surface area contributed by atoms with Gasteiger partial charge < -0.3 is 15.2 Å². The minimum atomic E-state index is -0.336. The van der Waals surface area contributed by atoms with Gasteiger partial charge in [0.05, 0.1) is 11.6 Å². The molecule has 7 heteroatoms. The Labute approximate surface area is 150 Å². The first-order chi connectivity index (χ1) is 12.5. The SMILES string of the molecule is O=C(NC[C@H](Cc1cccc(F)c1)N1CCCC1=O)c1ccc(=O)[nH]c1. The number of carbonyl (C=O) groups is 2. The molecule has 0 saturated carbocycles. The highest BCUT2D eigenvalue weighted by atomic mass is 19.1. The molecule has 1 fully saturated rings. The van der Waals surface area contributed by atoms with Crippen LogP contribution in [0.25, 0.3) is 0 Å². The molecular weight excluding hydrogens is 337 g/mol. The van der Waals surface area contributed by atoms with Crippen molar-refractivity contribution in [2.75, 3.05) is 13.1 Å². The van der Waals surface area contributed by atoms with Crippen molar-refractivity contribution in [1.29, 1.82) is 0 Å². The molecule has 2 N–H and O–H groups in total. The van der Waals surface area contributed by atoms with Gasteiger partial charge in [-0.05, 0) is 36.6 Å². The summed E-state index contributed by atoms with van der Waals surface area (Å²) < 4.78 is 13.5. The Hall–Kier alpha value is -2.96. The molecular formula is C19H20FN3O3. The fourth-order valence-electron chi connectivity index (χ4n) is 3.15. The van der Waals surface area contributed by atoms with Crippen LogP contribution in [0.15, 0.2) is 47.4 Å². The summed E-state index contributed by atoms with van der Waals surface area (Å²) in [5.74, 6) is -0.617. The van der Waals surface area contributed by atoms with E-state index in [1.54, 1.807) is 17.0 Å². The van der Waals surface area contributed by atoms with E-state index in [0.717, 1.165) is 12.0 Å². The predicted octanol–water partition coefficient (Wildman–Crippen LogP) is 1.48. The van der Waals surface area contributed by atoms with Gasteiger partial charge in [0, 0.05) is 31.8 Å². The third-order valence-electron chi connectivity index (χ3n) is 4.46. The van der Waals surface area contributed by atoms with Gasteiger partial charge in [0.15, 0.2) is 0 Å². The van der Waals surface area contributed by atoms with E-state index in [2.05, 4.69) is 10.3 Å². The zero-order chi connectivity index (χ0) is 18.5. The van der Waals surface area contributed by atoms with Crippen LogP contribution < -0.4 is 10.9 Å². The number of likely N-dealkylation sites (tertiary alicyclic amines) is 1. The minimum absolute atomic E-state index is 0.0460. The quantitative estimate of drug-likeness (QED) is 0.822. The van der Waals surface area contributed by atoms with Crippen LogP contribution in [0.1, 0.15) is 28.8 Å². The van der Waals surface area contributed by atoms with Gasteiger partial charge in [0.2, 0.25) is 11.5 Å². The monoisotopic (exact) mass is 357 g/mol. The number of pyridine rings is 1. The third-order valence-corrected chi connectivity index (χ3v) is 4.46. The van der Waals surface area contributed by atoms with E-state index in [9.17, 15) is 18.8 Å². The zero-order valence-electron chi connectivity index (χ0n) is 14.2. The molecule has 2 amide bonds. The summed E-state index contributed by atoms with van der Waals surface area (Å²) >= 11 is 0. The molecule has 1 aliphatic rings. The number of amides is 2. The van der Waals surface area contributed by atoms with Gasteiger partial charge in [0.1, 0.15) is 5.82 Å². The maximum atomic E-state index is 13.5. The lowest BCUT2D eigenvalue weighted by atomic mass is 10.0. The molecule has 26 heavy (non-hydrogen) atoms. The van der Waals surface area contributed by atoms with Gasteiger partial charge in [-0.15, -0.1) is 0 Å². The highest BCUT2D eigenvalue weighted by molar-refractivity contribution is 5.93. The summed E-state index contributed by atoms with van der Waals surface area (Å²) in [5.41, 5.74) is 0.822. The number of aromatic nitrogens is 1. The van der Waals surface area contributed by atoms with Crippen molar-refractivity contribution in [1.82, 2.24) is 15.2 Å². The first-order valence-corrected chi connectivity index (χ1v) is 8.54. The molecule has 0 aliphatic carbocycles. The number of hydrogen-bond acceptors (Lipinski definition) is 3. The van der Waals surface area contributed by atoms with Crippen LogP contribution in [0.4, 0.5) is 4.39 Å². The normalized spacial score (nSPS) is 15.1. The number of nitrogens with zero attached hydrogens (tertiary/aromatic N) is 1. The maximum absolute atomic E-state index is 13.5. The molecule has 2 aromatic rings. The van der Waals surface area contributed by atoms with E-state index in [0.29, 0.717) is 24.9 Å². The summed E-state index contributed by atoms with van der Waals surface area (Å²) in [6, 6.07) is 8.72. The van der Waals surface area contributed by atoms with E-state index >= 15 is 0 Å². The summed E-state index contributed by atoms with van der Waals surface area (Å²) in [6.07, 6.45) is 3.08. The van der Waals surface area contributed by atoms with Crippen LogP contribution in [0.2, 0.25) is 0 Å². The van der Waals surface area contributed by atoms with Gasteiger partial charge in [-0.3, -0.25) is 14.4 Å². The number of halogens is 1. The first-order valence-electron chi connectivity index (χ1n) is 8.54. The van der Waals surface area contributed by atoms with Gasteiger partial charge >= 0.3 is 0 Å². The van der Waals surface area contributed by atoms with Crippen molar-refractivity contribution < 1.29 is 14.0 Å². The second-order valence-corrected chi connectivity index (χ2v) is 6.33. The molecule has 0 radical (unpaired) electrons. The van der Waals surface area contributed by atoms with E-state index in [4.69, 9.17) is 0 Å². The van der Waals surface area contributed by atoms with E-state index in [-0.39, 0.29) is 35.8 Å². The van der Waals surface area contributed by atoms with Gasteiger partial charge in [-0.1, -0.05) is 12.1 Å². The lowest BCUT2D eigenvalue weighted by Gasteiger charge is -2.28. The number of hydrogen-bond donors (Lipinski definition) is 2. The highest BCUT2D eigenvalue weighted by Crippen LogP contribution is 2.17. The van der Waals surface area contributed by atoms with E-state index < -0.39 is 0 Å². The Kier molecular flexibility index (Phi) is 5.46. The average Bonchev–Trinajstić information content (AvgIpc) is 3.05. The number of aromatic amines is 1. The second-order valence-electron chi connectivity index (χ2n) is 6.33. The Morgan fingerprint density at radius 3 is 2.77 bits per heavy atom. The molecule has 2 heterocycles. The zero-order valence-corrected chi connectivity index (χ0v) is 14.2. The lowest BCUT2D eigenvalue weighted by Crippen LogP contribution is -2.45. The summed E-state index contributed by atoms with van der Waals surface area (Å²) in [4.78, 5) is 39.7. The van der Waals surface area contributed by atoms with Crippen molar-refractivity contribution in [3.8, 4) is 0 Å². The molecule has 1 saturated heterocycles. The maximum Gasteiger partial charge on any atom is 0.252 e. The van der Waals surface area contributed by atoms with Crippen molar-refractivity contribution in [3.63, 3.8) is 0 Å². The Morgan fingerprint density at radius 1 is 1.27 bits per heavy atom. The van der Waals surface area contributed by atoms with Crippen molar-refractivity contribution >= 4 is 11.8 Å². The van der Waals surface area contributed by atoms with Gasteiger partial charge in [-0.2, -0.15) is 0 Å². The van der Waals surface area contributed by atoms with Crippen molar-refractivity contribution in [3.05, 3.63) is 69.9 Å². The number of benzene rings is 1. The van der Waals surface area contributed by atoms with E-state index in [1.807, 2.05) is 0 Å². The third kappa shape index (κ3) is 4.36. The van der Waals surface area contributed by atoms with Gasteiger partial charge in [0.25, 0.3) is 5.91 Å². The smallest absolute Gasteiger partial charge is 0.252 e. The number of carbonyl (C=O) groups excluding carboxylic acids is 2. The first kappa shape index (κ1) is 17.8. The molecule has 0 unspecified atom stereocenters. The van der Waals surface area contributed by atoms with Crippen molar-refractivity contribution in [2.24, 2.45) is 0 Å². The van der Waals surface area contributed by atoms with Crippen LogP contribution in [0.3, 0.4) is 0 Å². The molecule has 6 nitrogen and oxygen atoms in total. The molecule has 0 spiro atoms. The topological polar surface area (TPSA) is 82.3 Å². The van der Waals surface area contributed by atoms with Gasteiger partial charge in [-0.25, -0.2) is 4.39 Å². The number of nitrogens with one attached hydrogen (secondary N) is 2. The summed E-state index contributed by atoms with van der Waals surface area (Å²) in [5, 5.41) is 2.80. The second kappa shape index (κ2) is 7.95. The molecule has 1 aliphatic heterocycles. The number of H-pyrrole nitrogens is 1. The Balaban J connectivity index is 1.70. The van der Waals surface area contributed by atoms with Crippen LogP contribution >= 0.6 is 0 Å². The molecule has 1 aromatic heterocycles. The fourth-order valence-corrected chi connectivity index (χ4v) is 3.15. The average molecular weight is 357 g/mol. The minimum Gasteiger partial charge on any atom is -0.350 e. The van der Waals surface area contributed by atoms with Crippen molar-refractivity contribution in [2.45, 2.75) is 25.3 Å². The molecule has 136 valence electrons. The molecule has 1 aromatic carbocycles. The van der Waals surface area contributed by atoms with E-state index in [1.165, 1.54) is 30.5 Å². The van der Waals surface area contributed by atoms with Crippen LogP contribution in [0.5, 0.6) is 0 Å². The Bertz CT molecular complexity index is 845. The molecule has 3 rings (SSSR count).